The number of benzene rings is 1. The minimum Gasteiger partial charge on any atom is -0.492 e. The molecular weight excluding hydrogens is 484 g/mol. The molecule has 36 heavy (non-hydrogen) atoms. The van der Waals surface area contributed by atoms with E-state index in [1.807, 2.05) is 5.32 Å². The van der Waals surface area contributed by atoms with Crippen LogP contribution in [-0.2, 0) is 6.42 Å². The molecule has 1 atom stereocenters. The fraction of sp³-hybridized carbons (Fsp3) is 0.217. The Morgan fingerprint density at radius 1 is 1.14 bits per heavy atom. The molecule has 3 aromatic heterocycles. The standard InChI is InChI=1S/C23H18F4N6O3/c1-35-20-11(24)4-3-5-12(20)30-19-16-13(8-15(23(25,26)27)32-21(16)34)31-18(19)10-6-7-28-14-9-29-22(36-2)33-17(10)14/h3-7,9,15,30-31H,8H2,1-2H3,(H,32,34). The van der Waals surface area contributed by atoms with Crippen LogP contribution in [0.25, 0.3) is 22.3 Å². The van der Waals surface area contributed by atoms with Crippen LogP contribution in [0.15, 0.2) is 36.7 Å². The molecule has 1 aromatic carbocycles. The molecule has 0 bridgehead atoms. The van der Waals surface area contributed by atoms with Crippen molar-refractivity contribution in [3.05, 3.63) is 53.7 Å². The van der Waals surface area contributed by atoms with Crippen LogP contribution in [-0.4, -0.2) is 52.3 Å². The second-order valence-corrected chi connectivity index (χ2v) is 7.90. The number of nitrogens with zero attached hydrogens (tertiary/aromatic N) is 3. The molecular formula is C23H18F4N6O3. The number of aromatic nitrogens is 4. The zero-order valence-electron chi connectivity index (χ0n) is 18.8. The van der Waals surface area contributed by atoms with Gasteiger partial charge in [0.25, 0.3) is 5.91 Å². The molecule has 9 nitrogen and oxygen atoms in total. The zero-order chi connectivity index (χ0) is 25.6. The zero-order valence-corrected chi connectivity index (χ0v) is 18.8. The van der Waals surface area contributed by atoms with Crippen molar-refractivity contribution in [1.82, 2.24) is 25.3 Å². The van der Waals surface area contributed by atoms with Crippen molar-refractivity contribution < 1.29 is 31.8 Å². The largest absolute Gasteiger partial charge is 0.492 e. The summed E-state index contributed by atoms with van der Waals surface area (Å²) >= 11 is 0. The van der Waals surface area contributed by atoms with E-state index >= 15 is 0 Å². The molecule has 186 valence electrons. The maximum atomic E-state index is 14.4. The monoisotopic (exact) mass is 502 g/mol. The number of amides is 1. The first-order valence-corrected chi connectivity index (χ1v) is 10.6. The molecule has 1 aliphatic heterocycles. The molecule has 0 spiro atoms. The molecule has 1 aliphatic rings. The van der Waals surface area contributed by atoms with E-state index in [2.05, 4.69) is 25.3 Å². The summed E-state index contributed by atoms with van der Waals surface area (Å²) in [5.41, 5.74) is 1.66. The summed E-state index contributed by atoms with van der Waals surface area (Å²) in [6, 6.07) is 3.69. The van der Waals surface area contributed by atoms with Gasteiger partial charge < -0.3 is 25.1 Å². The SMILES string of the molecule is COc1ncc2nccc(-c3[nH]c4c(c3Nc3cccc(F)c3OC)C(=O)NC(C(F)(F)F)C4)c2n1. The lowest BCUT2D eigenvalue weighted by molar-refractivity contribution is -0.153. The molecule has 1 amide bonds. The molecule has 3 N–H and O–H groups in total. The second-order valence-electron chi connectivity index (χ2n) is 7.90. The third-order valence-corrected chi connectivity index (χ3v) is 5.75. The number of nitrogens with one attached hydrogen (secondary N) is 3. The Kier molecular flexibility index (Phi) is 5.61. The van der Waals surface area contributed by atoms with Gasteiger partial charge in [0.15, 0.2) is 11.6 Å². The van der Waals surface area contributed by atoms with Crippen molar-refractivity contribution in [2.24, 2.45) is 0 Å². The molecule has 13 heteroatoms. The van der Waals surface area contributed by atoms with Crippen LogP contribution in [0, 0.1) is 5.82 Å². The number of methoxy groups -OCH3 is 2. The predicted octanol–water partition coefficient (Wildman–Crippen LogP) is 4.14. The lowest BCUT2D eigenvalue weighted by Gasteiger charge is -2.26. The van der Waals surface area contributed by atoms with Gasteiger partial charge in [0.05, 0.1) is 43.0 Å². The van der Waals surface area contributed by atoms with Gasteiger partial charge >= 0.3 is 12.2 Å². The molecule has 0 saturated heterocycles. The number of rotatable bonds is 5. The summed E-state index contributed by atoms with van der Waals surface area (Å²) in [6.07, 6.45) is -2.27. The van der Waals surface area contributed by atoms with E-state index in [1.165, 1.54) is 44.8 Å². The Labute approximate surface area is 200 Å². The summed E-state index contributed by atoms with van der Waals surface area (Å²) in [4.78, 5) is 28.5. The number of carbonyl (C=O) groups is 1. The summed E-state index contributed by atoms with van der Waals surface area (Å²) in [7, 11) is 2.66. The normalized spacial score (nSPS) is 15.4. The molecule has 0 aliphatic carbocycles. The summed E-state index contributed by atoms with van der Waals surface area (Å²) in [5.74, 6) is -1.74. The highest BCUT2D eigenvalue weighted by Crippen LogP contribution is 2.42. The molecule has 4 aromatic rings. The highest BCUT2D eigenvalue weighted by atomic mass is 19.4. The number of hydrogen-bond acceptors (Lipinski definition) is 7. The number of para-hydroxylation sites is 1. The fourth-order valence-corrected chi connectivity index (χ4v) is 4.14. The van der Waals surface area contributed by atoms with E-state index in [1.54, 1.807) is 6.07 Å². The highest BCUT2D eigenvalue weighted by Gasteiger charge is 2.45. The van der Waals surface area contributed by atoms with Crippen LogP contribution in [0.3, 0.4) is 0 Å². The minimum absolute atomic E-state index is 0.0391. The van der Waals surface area contributed by atoms with Crippen LogP contribution < -0.4 is 20.1 Å². The maximum absolute atomic E-state index is 14.4. The average Bonchev–Trinajstić information content (AvgIpc) is 3.21. The van der Waals surface area contributed by atoms with E-state index in [4.69, 9.17) is 9.47 Å². The topological polar surface area (TPSA) is 114 Å². The third kappa shape index (κ3) is 3.91. The van der Waals surface area contributed by atoms with E-state index in [0.29, 0.717) is 16.6 Å². The Hall–Kier alpha value is -4.42. The summed E-state index contributed by atoms with van der Waals surface area (Å²) in [6.45, 7) is 0. The minimum atomic E-state index is -4.65. The van der Waals surface area contributed by atoms with Gasteiger partial charge in [-0.2, -0.15) is 18.2 Å². The Morgan fingerprint density at radius 3 is 2.67 bits per heavy atom. The summed E-state index contributed by atoms with van der Waals surface area (Å²) < 4.78 is 65.1. The number of halogens is 4. The van der Waals surface area contributed by atoms with Gasteiger partial charge in [-0.1, -0.05) is 6.07 Å². The number of alkyl halides is 3. The first kappa shape index (κ1) is 23.3. The molecule has 5 rings (SSSR count). The van der Waals surface area contributed by atoms with Gasteiger partial charge in [-0.3, -0.25) is 9.78 Å². The lowest BCUT2D eigenvalue weighted by Crippen LogP contribution is -2.50. The van der Waals surface area contributed by atoms with Crippen LogP contribution >= 0.6 is 0 Å². The van der Waals surface area contributed by atoms with Gasteiger partial charge in [0.2, 0.25) is 0 Å². The smallest absolute Gasteiger partial charge is 0.409 e. The number of hydrogen-bond donors (Lipinski definition) is 3. The predicted molar refractivity (Wildman–Crippen MR) is 121 cm³/mol. The van der Waals surface area contributed by atoms with Crippen molar-refractivity contribution in [3.63, 3.8) is 0 Å². The first-order valence-electron chi connectivity index (χ1n) is 10.6. The second kappa shape index (κ2) is 8.66. The molecule has 4 heterocycles. The summed E-state index contributed by atoms with van der Waals surface area (Å²) in [5, 5.41) is 5.00. The number of carbonyl (C=O) groups excluding carboxylic acids is 1. The van der Waals surface area contributed by atoms with Crippen molar-refractivity contribution in [3.8, 4) is 23.0 Å². The van der Waals surface area contributed by atoms with E-state index in [9.17, 15) is 22.4 Å². The van der Waals surface area contributed by atoms with Crippen LogP contribution in [0.1, 0.15) is 16.1 Å². The maximum Gasteiger partial charge on any atom is 0.409 e. The van der Waals surface area contributed by atoms with Crippen molar-refractivity contribution in [1.29, 1.82) is 0 Å². The first-order chi connectivity index (χ1) is 17.2. The van der Waals surface area contributed by atoms with Crippen LogP contribution in [0.5, 0.6) is 11.8 Å². The van der Waals surface area contributed by atoms with Crippen LogP contribution in [0.2, 0.25) is 0 Å². The van der Waals surface area contributed by atoms with E-state index in [-0.39, 0.29) is 40.1 Å². The Morgan fingerprint density at radius 2 is 1.94 bits per heavy atom. The molecule has 0 saturated carbocycles. The molecule has 0 fully saturated rings. The number of fused-ring (bicyclic) bond motifs is 2. The van der Waals surface area contributed by atoms with E-state index in [0.717, 1.165) is 0 Å². The number of anilines is 2. The molecule has 1 unspecified atom stereocenters. The van der Waals surface area contributed by atoms with Crippen LogP contribution in [0.4, 0.5) is 28.9 Å². The van der Waals surface area contributed by atoms with Gasteiger partial charge in [0, 0.05) is 23.9 Å². The number of pyridine rings is 1. The third-order valence-electron chi connectivity index (χ3n) is 5.75. The Bertz CT molecular complexity index is 1490. The fourth-order valence-electron chi connectivity index (χ4n) is 4.14. The highest BCUT2D eigenvalue weighted by molar-refractivity contribution is 6.08. The van der Waals surface area contributed by atoms with Gasteiger partial charge in [-0.05, 0) is 18.2 Å². The quantitative estimate of drug-likeness (QED) is 0.352. The number of aromatic amines is 1. The van der Waals surface area contributed by atoms with Crippen molar-refractivity contribution in [2.45, 2.75) is 18.6 Å². The average molecular weight is 502 g/mol. The Balaban J connectivity index is 1.75. The molecule has 0 radical (unpaired) electrons. The van der Waals surface area contributed by atoms with Gasteiger partial charge in [0.1, 0.15) is 17.1 Å². The van der Waals surface area contributed by atoms with Gasteiger partial charge in [-0.15, -0.1) is 0 Å². The number of ether oxygens (including phenoxy) is 2. The van der Waals surface area contributed by atoms with Crippen molar-refractivity contribution in [2.75, 3.05) is 19.5 Å². The van der Waals surface area contributed by atoms with Crippen molar-refractivity contribution >= 4 is 28.3 Å². The van der Waals surface area contributed by atoms with Gasteiger partial charge in [-0.25, -0.2) is 9.37 Å². The van der Waals surface area contributed by atoms with E-state index < -0.39 is 30.4 Å². The lowest BCUT2D eigenvalue weighted by atomic mass is 9.99. The number of H-pyrrole nitrogens is 1.